The molecule has 0 aromatic heterocycles. The highest BCUT2D eigenvalue weighted by atomic mass is 35.5. The van der Waals surface area contributed by atoms with Gasteiger partial charge in [0.15, 0.2) is 6.61 Å². The molecule has 0 bridgehead atoms. The minimum absolute atomic E-state index is 0.0409. The van der Waals surface area contributed by atoms with Crippen molar-refractivity contribution in [2.24, 2.45) is 0 Å². The van der Waals surface area contributed by atoms with Crippen molar-refractivity contribution in [3.05, 3.63) is 59.1 Å². The van der Waals surface area contributed by atoms with E-state index < -0.39 is 0 Å². The van der Waals surface area contributed by atoms with Gasteiger partial charge in [-0.1, -0.05) is 44.5 Å². The second kappa shape index (κ2) is 10.2. The molecule has 0 spiro atoms. The average molecular weight is 430 g/mol. The fraction of sp³-hybridized carbons (Fsp3) is 0.458. The number of nitrogens with zero attached hydrogens (tertiary/aromatic N) is 2. The first-order valence-electron chi connectivity index (χ1n) is 10.5. The van der Waals surface area contributed by atoms with Crippen molar-refractivity contribution in [3.63, 3.8) is 0 Å². The molecule has 0 aliphatic carbocycles. The van der Waals surface area contributed by atoms with Gasteiger partial charge in [-0.3, -0.25) is 9.69 Å². The van der Waals surface area contributed by atoms with Crippen LogP contribution in [0.15, 0.2) is 48.5 Å². The molecule has 1 aliphatic heterocycles. The van der Waals surface area contributed by atoms with Crippen molar-refractivity contribution in [3.8, 4) is 5.75 Å². The van der Waals surface area contributed by atoms with Crippen LogP contribution in [-0.2, 0) is 10.2 Å². The molecule has 0 atom stereocenters. The Kier molecular flexibility index (Phi) is 7.62. The number of hydrogen-bond donors (Lipinski definition) is 1. The van der Waals surface area contributed by atoms with E-state index >= 15 is 0 Å². The van der Waals surface area contributed by atoms with E-state index in [1.165, 1.54) is 11.3 Å². The van der Waals surface area contributed by atoms with E-state index in [0.29, 0.717) is 6.54 Å². The SMILES string of the molecule is CC(C)(C)c1ccc(OCC(=O)NCCN2CCN(c3ccc(Cl)cc3)CC2)cc1. The molecular formula is C24H32ClN3O2. The number of carbonyl (C=O) groups is 1. The van der Waals surface area contributed by atoms with Crippen molar-refractivity contribution in [1.29, 1.82) is 0 Å². The summed E-state index contributed by atoms with van der Waals surface area (Å²) in [7, 11) is 0. The number of benzene rings is 2. The number of amides is 1. The van der Waals surface area contributed by atoms with Crippen LogP contribution in [0.2, 0.25) is 5.02 Å². The summed E-state index contributed by atoms with van der Waals surface area (Å²) in [4.78, 5) is 16.8. The summed E-state index contributed by atoms with van der Waals surface area (Å²) in [5, 5.41) is 3.71. The third kappa shape index (κ3) is 6.64. The molecular weight excluding hydrogens is 398 g/mol. The van der Waals surface area contributed by atoms with Gasteiger partial charge in [0.1, 0.15) is 5.75 Å². The predicted octanol–water partition coefficient (Wildman–Crippen LogP) is 3.95. The zero-order valence-corrected chi connectivity index (χ0v) is 18.9. The largest absolute Gasteiger partial charge is 0.484 e. The Morgan fingerprint density at radius 2 is 1.63 bits per heavy atom. The fourth-order valence-electron chi connectivity index (χ4n) is 3.49. The van der Waals surface area contributed by atoms with Gasteiger partial charge in [0.25, 0.3) is 5.91 Å². The summed E-state index contributed by atoms with van der Waals surface area (Å²) in [6.07, 6.45) is 0. The number of carbonyl (C=O) groups excluding carboxylic acids is 1. The number of rotatable bonds is 7. The molecule has 0 radical (unpaired) electrons. The lowest BCUT2D eigenvalue weighted by atomic mass is 9.87. The summed E-state index contributed by atoms with van der Waals surface area (Å²) in [6, 6.07) is 15.9. The monoisotopic (exact) mass is 429 g/mol. The van der Waals surface area contributed by atoms with Gasteiger partial charge < -0.3 is 15.0 Å². The Balaban J connectivity index is 1.32. The molecule has 1 fully saturated rings. The Morgan fingerprint density at radius 3 is 2.23 bits per heavy atom. The van der Waals surface area contributed by atoms with Crippen LogP contribution < -0.4 is 15.0 Å². The van der Waals surface area contributed by atoms with Crippen LogP contribution >= 0.6 is 11.6 Å². The lowest BCUT2D eigenvalue weighted by Crippen LogP contribution is -2.48. The summed E-state index contributed by atoms with van der Waals surface area (Å²) in [6.45, 7) is 12.0. The standard InChI is InChI=1S/C24H32ClN3O2/c1-24(2,3)19-4-10-22(11-5-19)30-18-23(29)26-12-13-27-14-16-28(17-15-27)21-8-6-20(25)7-9-21/h4-11H,12-18H2,1-3H3,(H,26,29). The third-order valence-corrected chi connectivity index (χ3v) is 5.66. The van der Waals surface area contributed by atoms with Crippen molar-refractivity contribution in [2.75, 3.05) is 50.8 Å². The minimum atomic E-state index is -0.0882. The fourth-order valence-corrected chi connectivity index (χ4v) is 3.61. The zero-order chi connectivity index (χ0) is 21.6. The number of halogens is 1. The number of anilines is 1. The third-order valence-electron chi connectivity index (χ3n) is 5.40. The lowest BCUT2D eigenvalue weighted by Gasteiger charge is -2.36. The molecule has 0 unspecified atom stereocenters. The Morgan fingerprint density at radius 1 is 1.00 bits per heavy atom. The summed E-state index contributed by atoms with van der Waals surface area (Å²) in [5.41, 5.74) is 2.56. The average Bonchev–Trinajstić information content (AvgIpc) is 2.73. The van der Waals surface area contributed by atoms with Crippen molar-refractivity contribution >= 4 is 23.2 Å². The van der Waals surface area contributed by atoms with Crippen molar-refractivity contribution in [1.82, 2.24) is 10.2 Å². The van der Waals surface area contributed by atoms with E-state index in [4.69, 9.17) is 16.3 Å². The van der Waals surface area contributed by atoms with Crippen LogP contribution in [-0.4, -0.2) is 56.7 Å². The second-order valence-corrected chi connectivity index (χ2v) is 9.15. The molecule has 30 heavy (non-hydrogen) atoms. The lowest BCUT2D eigenvalue weighted by molar-refractivity contribution is -0.123. The normalized spacial score (nSPS) is 15.1. The summed E-state index contributed by atoms with van der Waals surface area (Å²) >= 11 is 5.97. The van der Waals surface area contributed by atoms with Crippen LogP contribution in [0, 0.1) is 0 Å². The number of ether oxygens (including phenoxy) is 1. The molecule has 2 aromatic carbocycles. The molecule has 1 amide bonds. The highest BCUT2D eigenvalue weighted by molar-refractivity contribution is 6.30. The maximum atomic E-state index is 12.1. The predicted molar refractivity (Wildman–Crippen MR) is 124 cm³/mol. The van der Waals surface area contributed by atoms with Crippen LogP contribution in [0.3, 0.4) is 0 Å². The quantitative estimate of drug-likeness (QED) is 0.723. The topological polar surface area (TPSA) is 44.8 Å². The molecule has 2 aromatic rings. The zero-order valence-electron chi connectivity index (χ0n) is 18.2. The van der Waals surface area contributed by atoms with E-state index in [1.807, 2.05) is 24.3 Å². The van der Waals surface area contributed by atoms with Gasteiger partial charge >= 0.3 is 0 Å². The maximum absolute atomic E-state index is 12.1. The van der Waals surface area contributed by atoms with E-state index in [1.54, 1.807) is 0 Å². The van der Waals surface area contributed by atoms with Crippen LogP contribution in [0.5, 0.6) is 5.75 Å². The number of hydrogen-bond acceptors (Lipinski definition) is 4. The Bertz CT molecular complexity index is 808. The summed E-state index contributed by atoms with van der Waals surface area (Å²) in [5.74, 6) is 0.631. The van der Waals surface area contributed by atoms with Crippen LogP contribution in [0.1, 0.15) is 26.3 Å². The van der Waals surface area contributed by atoms with Crippen LogP contribution in [0.25, 0.3) is 0 Å². The molecule has 1 saturated heterocycles. The highest BCUT2D eigenvalue weighted by Gasteiger charge is 2.17. The molecule has 0 saturated carbocycles. The molecule has 6 heteroatoms. The van der Waals surface area contributed by atoms with Gasteiger partial charge in [0.05, 0.1) is 0 Å². The van der Waals surface area contributed by atoms with Gasteiger partial charge in [0.2, 0.25) is 0 Å². The molecule has 1 N–H and O–H groups in total. The van der Waals surface area contributed by atoms with Gasteiger partial charge in [0, 0.05) is 50.0 Å². The Hall–Kier alpha value is -2.24. The maximum Gasteiger partial charge on any atom is 0.257 e. The van der Waals surface area contributed by atoms with E-state index in [9.17, 15) is 4.79 Å². The van der Waals surface area contributed by atoms with Crippen molar-refractivity contribution in [2.45, 2.75) is 26.2 Å². The smallest absolute Gasteiger partial charge is 0.257 e. The molecule has 1 aliphatic rings. The first-order chi connectivity index (χ1) is 14.3. The Labute approximate surface area is 185 Å². The second-order valence-electron chi connectivity index (χ2n) is 8.72. The molecule has 3 rings (SSSR count). The highest BCUT2D eigenvalue weighted by Crippen LogP contribution is 2.24. The van der Waals surface area contributed by atoms with Gasteiger partial charge in [-0.25, -0.2) is 0 Å². The van der Waals surface area contributed by atoms with Crippen molar-refractivity contribution < 1.29 is 9.53 Å². The molecule has 162 valence electrons. The number of nitrogens with one attached hydrogen (secondary N) is 1. The molecule has 1 heterocycles. The summed E-state index contributed by atoms with van der Waals surface area (Å²) < 4.78 is 5.61. The minimum Gasteiger partial charge on any atom is -0.484 e. The van der Waals surface area contributed by atoms with Gasteiger partial charge in [-0.05, 0) is 47.4 Å². The first kappa shape index (κ1) is 22.4. The van der Waals surface area contributed by atoms with E-state index in [2.05, 4.69) is 60.2 Å². The number of piperazine rings is 1. The molecule has 5 nitrogen and oxygen atoms in total. The first-order valence-corrected chi connectivity index (χ1v) is 10.9. The van der Waals surface area contributed by atoms with Gasteiger partial charge in [-0.2, -0.15) is 0 Å². The van der Waals surface area contributed by atoms with Crippen LogP contribution in [0.4, 0.5) is 5.69 Å². The van der Waals surface area contributed by atoms with Gasteiger partial charge in [-0.15, -0.1) is 0 Å². The van der Waals surface area contributed by atoms with E-state index in [0.717, 1.165) is 43.5 Å². The van der Waals surface area contributed by atoms with E-state index in [-0.39, 0.29) is 17.9 Å².